The summed E-state index contributed by atoms with van der Waals surface area (Å²) < 4.78 is 22.6. The molecule has 8 heteroatoms. The van der Waals surface area contributed by atoms with Crippen LogP contribution in [-0.4, -0.2) is 43.2 Å². The summed E-state index contributed by atoms with van der Waals surface area (Å²) >= 11 is 1.27. The van der Waals surface area contributed by atoms with Crippen LogP contribution in [0.3, 0.4) is 0 Å². The van der Waals surface area contributed by atoms with Crippen molar-refractivity contribution >= 4 is 30.9 Å². The molecule has 1 N–H and O–H groups in total. The van der Waals surface area contributed by atoms with E-state index in [2.05, 4.69) is 11.9 Å². The van der Waals surface area contributed by atoms with Gasteiger partial charge >= 0.3 is 7.60 Å². The van der Waals surface area contributed by atoms with Gasteiger partial charge in [-0.2, -0.15) is 0 Å². The van der Waals surface area contributed by atoms with Crippen LogP contribution in [0.5, 0.6) is 0 Å². The van der Waals surface area contributed by atoms with Crippen molar-refractivity contribution in [3.63, 3.8) is 0 Å². The number of carbonyl (C=O) groups excluding carboxylic acids is 2. The maximum absolute atomic E-state index is 12.3. The van der Waals surface area contributed by atoms with Crippen LogP contribution in [0.15, 0.2) is 35.4 Å². The second-order valence-corrected chi connectivity index (χ2v) is 7.74. The molecular formula is C15H22NO5PS. The molecule has 0 unspecified atom stereocenters. The maximum Gasteiger partial charge on any atom is 0.332 e. The van der Waals surface area contributed by atoms with Crippen LogP contribution in [0.2, 0.25) is 0 Å². The molecule has 1 rings (SSSR count). The lowest BCUT2D eigenvalue weighted by molar-refractivity contribution is -0.115. The number of hydrogen-bond acceptors (Lipinski definition) is 7. The Morgan fingerprint density at radius 3 is 2.43 bits per heavy atom. The van der Waals surface area contributed by atoms with Gasteiger partial charge in [-0.25, -0.2) is 0 Å². The highest BCUT2D eigenvalue weighted by atomic mass is 32.2. The Hall–Kier alpha value is -1.14. The summed E-state index contributed by atoms with van der Waals surface area (Å²) in [6, 6.07) is 0. The monoisotopic (exact) mass is 359 g/mol. The third kappa shape index (κ3) is 6.47. The fourth-order valence-corrected chi connectivity index (χ4v) is 4.02. The minimum atomic E-state index is -3.17. The molecule has 0 radical (unpaired) electrons. The average molecular weight is 359 g/mol. The van der Waals surface area contributed by atoms with Gasteiger partial charge in [-0.3, -0.25) is 14.2 Å². The molecule has 0 fully saturated rings. The Morgan fingerprint density at radius 1 is 1.22 bits per heavy atom. The van der Waals surface area contributed by atoms with E-state index >= 15 is 0 Å². The van der Waals surface area contributed by atoms with Crippen molar-refractivity contribution in [1.82, 2.24) is 5.32 Å². The van der Waals surface area contributed by atoms with E-state index in [0.717, 1.165) is 0 Å². The topological polar surface area (TPSA) is 81.7 Å². The summed E-state index contributed by atoms with van der Waals surface area (Å²) in [5.41, 5.74) is 0.192. The number of thioether (sulfide) groups is 1. The predicted octanol–water partition coefficient (Wildman–Crippen LogP) is 2.68. The molecule has 0 aliphatic heterocycles. The highest BCUT2D eigenvalue weighted by molar-refractivity contribution is 8.04. The SMILES string of the molecule is C=CCSC1=CC(=O)C(NCCP(=O)(OCC)OCC)=CC1=O. The number of rotatable bonds is 11. The van der Waals surface area contributed by atoms with Crippen molar-refractivity contribution in [3.8, 4) is 0 Å². The number of hydrogen-bond donors (Lipinski definition) is 1. The van der Waals surface area contributed by atoms with Gasteiger partial charge < -0.3 is 14.4 Å². The van der Waals surface area contributed by atoms with E-state index in [1.54, 1.807) is 19.9 Å². The first kappa shape index (κ1) is 19.9. The zero-order valence-electron chi connectivity index (χ0n) is 13.4. The molecule has 6 nitrogen and oxygen atoms in total. The number of carbonyl (C=O) groups is 2. The molecule has 0 aromatic carbocycles. The van der Waals surface area contributed by atoms with Gasteiger partial charge in [0.05, 0.1) is 30.0 Å². The van der Waals surface area contributed by atoms with Gasteiger partial charge in [0.1, 0.15) is 0 Å². The molecular weight excluding hydrogens is 337 g/mol. The van der Waals surface area contributed by atoms with Gasteiger partial charge in [0.2, 0.25) is 5.78 Å². The Morgan fingerprint density at radius 2 is 1.87 bits per heavy atom. The smallest absolute Gasteiger partial charge is 0.332 e. The largest absolute Gasteiger partial charge is 0.381 e. The second kappa shape index (κ2) is 9.88. The van der Waals surface area contributed by atoms with E-state index in [1.807, 2.05) is 0 Å². The van der Waals surface area contributed by atoms with E-state index in [0.29, 0.717) is 10.7 Å². The van der Waals surface area contributed by atoms with Crippen LogP contribution in [-0.2, 0) is 23.2 Å². The molecule has 0 amide bonds. The second-order valence-electron chi connectivity index (χ2n) is 4.49. The van der Waals surface area contributed by atoms with Gasteiger partial charge in [0, 0.05) is 24.4 Å². The van der Waals surface area contributed by atoms with Gasteiger partial charge in [0.15, 0.2) is 5.78 Å². The molecule has 1 aliphatic carbocycles. The number of ketones is 2. The maximum atomic E-state index is 12.3. The zero-order chi connectivity index (χ0) is 17.3. The van der Waals surface area contributed by atoms with Crippen molar-refractivity contribution in [1.29, 1.82) is 0 Å². The summed E-state index contributed by atoms with van der Waals surface area (Å²) in [5.74, 6) is 0.0587. The molecule has 0 spiro atoms. The van der Waals surface area contributed by atoms with Gasteiger partial charge in [0.25, 0.3) is 0 Å². The lowest BCUT2D eigenvalue weighted by Crippen LogP contribution is -2.26. The zero-order valence-corrected chi connectivity index (χ0v) is 15.1. The van der Waals surface area contributed by atoms with Crippen LogP contribution in [0.25, 0.3) is 0 Å². The van der Waals surface area contributed by atoms with Crippen molar-refractivity contribution in [2.24, 2.45) is 0 Å². The van der Waals surface area contributed by atoms with E-state index in [9.17, 15) is 14.2 Å². The molecule has 128 valence electrons. The first-order chi connectivity index (χ1) is 11.0. The van der Waals surface area contributed by atoms with Crippen molar-refractivity contribution < 1.29 is 23.2 Å². The lowest BCUT2D eigenvalue weighted by Gasteiger charge is -2.18. The van der Waals surface area contributed by atoms with Gasteiger partial charge in [-0.15, -0.1) is 18.3 Å². The molecule has 0 atom stereocenters. The third-order valence-electron chi connectivity index (χ3n) is 2.76. The molecule has 1 aliphatic rings. The highest BCUT2D eigenvalue weighted by Gasteiger charge is 2.24. The average Bonchev–Trinajstić information content (AvgIpc) is 2.49. The van der Waals surface area contributed by atoms with E-state index in [4.69, 9.17) is 9.05 Å². The highest BCUT2D eigenvalue weighted by Crippen LogP contribution is 2.47. The minimum Gasteiger partial charge on any atom is -0.381 e. The van der Waals surface area contributed by atoms with Crippen LogP contribution in [0, 0.1) is 0 Å². The number of allylic oxidation sites excluding steroid dienone is 3. The Labute approximate surface area is 140 Å². The van der Waals surface area contributed by atoms with E-state index in [-0.39, 0.29) is 43.2 Å². The van der Waals surface area contributed by atoms with E-state index in [1.165, 1.54) is 23.9 Å². The normalized spacial score (nSPS) is 15.2. The van der Waals surface area contributed by atoms with Crippen LogP contribution in [0.4, 0.5) is 0 Å². The summed E-state index contributed by atoms with van der Waals surface area (Å²) in [4.78, 5) is 24.3. The van der Waals surface area contributed by atoms with Crippen LogP contribution in [0.1, 0.15) is 13.8 Å². The van der Waals surface area contributed by atoms with Crippen molar-refractivity contribution in [2.45, 2.75) is 13.8 Å². The van der Waals surface area contributed by atoms with Crippen molar-refractivity contribution in [3.05, 3.63) is 35.4 Å². The third-order valence-corrected chi connectivity index (χ3v) is 5.86. The molecule has 0 aromatic rings. The van der Waals surface area contributed by atoms with Crippen LogP contribution >= 0.6 is 19.4 Å². The summed E-state index contributed by atoms with van der Waals surface area (Å²) in [6.07, 6.45) is 4.36. The Kier molecular flexibility index (Phi) is 8.55. The van der Waals surface area contributed by atoms with Gasteiger partial charge in [-0.05, 0) is 13.8 Å². The quantitative estimate of drug-likeness (QED) is 0.345. The summed E-state index contributed by atoms with van der Waals surface area (Å²) in [6.45, 7) is 7.82. The Balaban J connectivity index is 2.59. The first-order valence-electron chi connectivity index (χ1n) is 7.33. The van der Waals surface area contributed by atoms with Crippen molar-refractivity contribution in [2.75, 3.05) is 31.7 Å². The molecule has 0 aromatic heterocycles. The van der Waals surface area contributed by atoms with E-state index < -0.39 is 7.60 Å². The lowest BCUT2D eigenvalue weighted by atomic mass is 10.1. The van der Waals surface area contributed by atoms with Gasteiger partial charge in [-0.1, -0.05) is 6.08 Å². The molecule has 23 heavy (non-hydrogen) atoms. The molecule has 0 saturated carbocycles. The summed E-state index contributed by atoms with van der Waals surface area (Å²) in [7, 11) is -3.17. The minimum absolute atomic E-state index is 0.120. The molecule has 0 bridgehead atoms. The standard InChI is InChI=1S/C15H22NO5PS/c1-4-9-23-15-11-13(17)12(10-14(15)18)16-7-8-22(19,20-5-2)21-6-3/h4,10-11,16H,1,5-9H2,2-3H3. The summed E-state index contributed by atoms with van der Waals surface area (Å²) in [5, 5.41) is 2.84. The Bertz CT molecular complexity index is 560. The molecule has 0 heterocycles. The number of nitrogens with one attached hydrogen (secondary N) is 1. The molecule has 0 saturated heterocycles. The fraction of sp³-hybridized carbons (Fsp3) is 0.467. The first-order valence-corrected chi connectivity index (χ1v) is 10.0. The fourth-order valence-electron chi connectivity index (χ4n) is 1.83. The predicted molar refractivity (Wildman–Crippen MR) is 92.6 cm³/mol. The van der Waals surface area contributed by atoms with Crippen LogP contribution < -0.4 is 5.32 Å².